The molecule has 0 aliphatic carbocycles. The van der Waals surface area contributed by atoms with Crippen molar-refractivity contribution in [2.24, 2.45) is 0 Å². The number of aromatic amines is 1. The molecule has 144 valence electrons. The highest BCUT2D eigenvalue weighted by Crippen LogP contribution is 2.44. The summed E-state index contributed by atoms with van der Waals surface area (Å²) in [7, 11) is 1.62. The number of hydrogen-bond donors (Lipinski definition) is 1. The average molecular weight is 398 g/mol. The predicted octanol–water partition coefficient (Wildman–Crippen LogP) is 4.28. The molecular weight excluding hydrogens is 378 g/mol. The van der Waals surface area contributed by atoms with Crippen LogP contribution in [-0.4, -0.2) is 29.8 Å². The van der Waals surface area contributed by atoms with Gasteiger partial charge in [0.1, 0.15) is 11.5 Å². The molecule has 3 aromatic rings. The maximum atomic E-state index is 12.6. The zero-order valence-corrected chi connectivity index (χ0v) is 16.6. The molecule has 1 N–H and O–H groups in total. The lowest BCUT2D eigenvalue weighted by Gasteiger charge is -2.30. The van der Waals surface area contributed by atoms with E-state index in [4.69, 9.17) is 21.1 Å². The van der Waals surface area contributed by atoms with Crippen LogP contribution < -0.4 is 14.4 Å². The van der Waals surface area contributed by atoms with E-state index in [1.54, 1.807) is 12.0 Å². The second-order valence-electron chi connectivity index (χ2n) is 6.72. The molecule has 6 nitrogen and oxygen atoms in total. The fourth-order valence-corrected chi connectivity index (χ4v) is 3.61. The fourth-order valence-electron chi connectivity index (χ4n) is 3.49. The van der Waals surface area contributed by atoms with Crippen LogP contribution in [0.15, 0.2) is 36.4 Å². The molecule has 1 amide bonds. The van der Waals surface area contributed by atoms with Crippen LogP contribution in [0.2, 0.25) is 5.02 Å². The van der Waals surface area contributed by atoms with E-state index in [0.717, 1.165) is 28.1 Å². The number of ether oxygens (including phenoxy) is 2. The van der Waals surface area contributed by atoms with Gasteiger partial charge < -0.3 is 14.4 Å². The Bertz CT molecular complexity index is 1020. The Labute approximate surface area is 168 Å². The van der Waals surface area contributed by atoms with E-state index in [1.165, 1.54) is 0 Å². The Morgan fingerprint density at radius 2 is 2.00 bits per heavy atom. The smallest absolute Gasteiger partial charge is 0.265 e. The van der Waals surface area contributed by atoms with E-state index >= 15 is 0 Å². The minimum atomic E-state index is -0.104. The highest BCUT2D eigenvalue weighted by molar-refractivity contribution is 6.30. The summed E-state index contributed by atoms with van der Waals surface area (Å²) in [6.07, 6.45) is 0. The predicted molar refractivity (Wildman–Crippen MR) is 108 cm³/mol. The highest BCUT2D eigenvalue weighted by atomic mass is 35.5. The van der Waals surface area contributed by atoms with Crippen LogP contribution in [0.1, 0.15) is 17.0 Å². The molecule has 0 saturated carbocycles. The quantitative estimate of drug-likeness (QED) is 0.713. The molecule has 28 heavy (non-hydrogen) atoms. The lowest BCUT2D eigenvalue weighted by atomic mass is 10.0. The zero-order valence-electron chi connectivity index (χ0n) is 15.9. The third-order valence-electron chi connectivity index (χ3n) is 4.88. The second-order valence-corrected chi connectivity index (χ2v) is 7.16. The van der Waals surface area contributed by atoms with E-state index in [0.29, 0.717) is 28.8 Å². The van der Waals surface area contributed by atoms with Crippen molar-refractivity contribution in [2.75, 3.05) is 18.6 Å². The van der Waals surface area contributed by atoms with Gasteiger partial charge in [0.25, 0.3) is 5.91 Å². The molecule has 2 aromatic carbocycles. The molecule has 0 spiro atoms. The SMILES string of the molecule is COc1cc2c(cc1-c1c(C)n[nH]c1C)OCC(=O)N2Cc1ccc(Cl)cc1. The highest BCUT2D eigenvalue weighted by Gasteiger charge is 2.28. The standard InChI is InChI=1S/C21H20ClN3O3/c1-12-21(13(2)24-23-12)16-8-19-17(9-18(16)27-3)25(20(26)11-28-19)10-14-4-6-15(22)7-5-14/h4-9H,10-11H2,1-3H3,(H,23,24). The molecule has 0 radical (unpaired) electrons. The molecule has 0 fully saturated rings. The number of methoxy groups -OCH3 is 1. The zero-order chi connectivity index (χ0) is 19.8. The third kappa shape index (κ3) is 3.20. The number of benzene rings is 2. The number of aryl methyl sites for hydroxylation is 2. The molecule has 0 saturated heterocycles. The van der Waals surface area contributed by atoms with E-state index in [2.05, 4.69) is 10.2 Å². The van der Waals surface area contributed by atoms with Crippen LogP contribution in [0.4, 0.5) is 5.69 Å². The summed E-state index contributed by atoms with van der Waals surface area (Å²) < 4.78 is 11.4. The van der Waals surface area contributed by atoms with Gasteiger partial charge in [-0.05, 0) is 37.6 Å². The minimum absolute atomic E-state index is 0.00426. The summed E-state index contributed by atoms with van der Waals surface area (Å²) in [5, 5.41) is 7.93. The summed E-state index contributed by atoms with van der Waals surface area (Å²) in [6.45, 7) is 4.33. The minimum Gasteiger partial charge on any atom is -0.496 e. The number of amides is 1. The van der Waals surface area contributed by atoms with Crippen molar-refractivity contribution in [1.29, 1.82) is 0 Å². The van der Waals surface area contributed by atoms with Crippen LogP contribution in [0.5, 0.6) is 11.5 Å². The van der Waals surface area contributed by atoms with Gasteiger partial charge in [-0.2, -0.15) is 5.10 Å². The largest absolute Gasteiger partial charge is 0.496 e. The van der Waals surface area contributed by atoms with Crippen LogP contribution in [0, 0.1) is 13.8 Å². The lowest BCUT2D eigenvalue weighted by Crippen LogP contribution is -2.38. The van der Waals surface area contributed by atoms with Gasteiger partial charge in [-0.25, -0.2) is 0 Å². The topological polar surface area (TPSA) is 67.5 Å². The van der Waals surface area contributed by atoms with Gasteiger partial charge in [0, 0.05) is 27.9 Å². The van der Waals surface area contributed by atoms with Crippen LogP contribution in [0.3, 0.4) is 0 Å². The first-order valence-corrected chi connectivity index (χ1v) is 9.27. The molecule has 4 rings (SSSR count). The first-order valence-electron chi connectivity index (χ1n) is 8.89. The molecule has 0 bridgehead atoms. The number of carbonyl (C=O) groups excluding carboxylic acids is 1. The van der Waals surface area contributed by atoms with E-state index in [1.807, 2.05) is 50.2 Å². The molecule has 1 aliphatic heterocycles. The molecule has 1 aromatic heterocycles. The number of fused-ring (bicyclic) bond motifs is 1. The molecule has 7 heteroatoms. The number of aromatic nitrogens is 2. The van der Waals surface area contributed by atoms with Crippen molar-refractivity contribution in [3.63, 3.8) is 0 Å². The molecule has 0 unspecified atom stereocenters. The van der Waals surface area contributed by atoms with Gasteiger partial charge in [0.15, 0.2) is 6.61 Å². The van der Waals surface area contributed by atoms with E-state index < -0.39 is 0 Å². The van der Waals surface area contributed by atoms with Crippen molar-refractivity contribution in [2.45, 2.75) is 20.4 Å². The van der Waals surface area contributed by atoms with Crippen molar-refractivity contribution < 1.29 is 14.3 Å². The Hall–Kier alpha value is -2.99. The van der Waals surface area contributed by atoms with E-state index in [-0.39, 0.29) is 12.5 Å². The normalized spacial score (nSPS) is 13.3. The summed E-state index contributed by atoms with van der Waals surface area (Å²) in [5.41, 5.74) is 5.34. The van der Waals surface area contributed by atoms with Crippen LogP contribution in [-0.2, 0) is 11.3 Å². The number of rotatable bonds is 4. The Morgan fingerprint density at radius 1 is 1.25 bits per heavy atom. The van der Waals surface area contributed by atoms with Gasteiger partial charge in [0.05, 0.1) is 25.0 Å². The van der Waals surface area contributed by atoms with Crippen molar-refractivity contribution >= 4 is 23.2 Å². The fraction of sp³-hybridized carbons (Fsp3) is 0.238. The Morgan fingerprint density at radius 3 is 2.64 bits per heavy atom. The first-order chi connectivity index (χ1) is 13.5. The number of carbonyl (C=O) groups is 1. The maximum absolute atomic E-state index is 12.6. The van der Waals surface area contributed by atoms with Crippen molar-refractivity contribution in [3.05, 3.63) is 58.4 Å². The number of H-pyrrole nitrogens is 1. The monoisotopic (exact) mass is 397 g/mol. The molecular formula is C21H20ClN3O3. The summed E-state index contributed by atoms with van der Waals surface area (Å²) in [4.78, 5) is 14.3. The molecule has 0 atom stereocenters. The van der Waals surface area contributed by atoms with Crippen molar-refractivity contribution in [1.82, 2.24) is 10.2 Å². The Kier molecular flexibility index (Phi) is 4.73. The summed E-state index contributed by atoms with van der Waals surface area (Å²) in [6, 6.07) is 11.2. The van der Waals surface area contributed by atoms with E-state index in [9.17, 15) is 4.79 Å². The van der Waals surface area contributed by atoms with Gasteiger partial charge in [-0.3, -0.25) is 9.89 Å². The van der Waals surface area contributed by atoms with Gasteiger partial charge in [-0.1, -0.05) is 23.7 Å². The second kappa shape index (κ2) is 7.20. The number of nitrogens with one attached hydrogen (secondary N) is 1. The number of halogens is 1. The Balaban J connectivity index is 1.79. The van der Waals surface area contributed by atoms with Crippen LogP contribution in [0.25, 0.3) is 11.1 Å². The average Bonchev–Trinajstić information content (AvgIpc) is 3.03. The van der Waals surface area contributed by atoms with Gasteiger partial charge >= 0.3 is 0 Å². The van der Waals surface area contributed by atoms with Crippen LogP contribution >= 0.6 is 11.6 Å². The third-order valence-corrected chi connectivity index (χ3v) is 5.13. The summed E-state index contributed by atoms with van der Waals surface area (Å²) >= 11 is 5.97. The summed E-state index contributed by atoms with van der Waals surface area (Å²) in [5.74, 6) is 1.20. The molecule has 2 heterocycles. The maximum Gasteiger partial charge on any atom is 0.265 e. The van der Waals surface area contributed by atoms with Crippen molar-refractivity contribution in [3.8, 4) is 22.6 Å². The number of hydrogen-bond acceptors (Lipinski definition) is 4. The van der Waals surface area contributed by atoms with Gasteiger partial charge in [0.2, 0.25) is 0 Å². The van der Waals surface area contributed by atoms with Gasteiger partial charge in [-0.15, -0.1) is 0 Å². The lowest BCUT2D eigenvalue weighted by molar-refractivity contribution is -0.121. The first kappa shape index (κ1) is 18.4. The number of nitrogens with zero attached hydrogens (tertiary/aromatic N) is 2. The number of anilines is 1. The molecule has 1 aliphatic rings.